The number of alkyl halides is 3. The number of halogens is 4. The van der Waals surface area contributed by atoms with Crippen molar-refractivity contribution in [3.05, 3.63) is 63.5 Å². The van der Waals surface area contributed by atoms with E-state index in [1.54, 1.807) is 5.38 Å². The monoisotopic (exact) mass is 480 g/mol. The van der Waals surface area contributed by atoms with Crippen molar-refractivity contribution in [3.8, 4) is 11.3 Å². The van der Waals surface area contributed by atoms with E-state index < -0.39 is 12.2 Å². The van der Waals surface area contributed by atoms with E-state index in [0.717, 1.165) is 66.0 Å². The molecular formula is C23H24ClF3N4S. The second-order valence-electron chi connectivity index (χ2n) is 7.81. The van der Waals surface area contributed by atoms with Crippen LogP contribution in [-0.2, 0) is 19.4 Å². The predicted octanol–water partition coefficient (Wildman–Crippen LogP) is 6.13. The van der Waals surface area contributed by atoms with Crippen LogP contribution >= 0.6 is 22.9 Å². The number of anilines is 2. The largest absolute Gasteiger partial charge is 0.408 e. The summed E-state index contributed by atoms with van der Waals surface area (Å²) in [6.45, 7) is 3.61. The minimum atomic E-state index is -4.31. The molecule has 3 N–H and O–H groups in total. The third-order valence-corrected chi connectivity index (χ3v) is 6.62. The second kappa shape index (κ2) is 9.68. The lowest BCUT2D eigenvalue weighted by atomic mass is 10.0. The molecule has 0 bridgehead atoms. The van der Waals surface area contributed by atoms with E-state index >= 15 is 0 Å². The summed E-state index contributed by atoms with van der Waals surface area (Å²) in [7, 11) is 0. The highest BCUT2D eigenvalue weighted by molar-refractivity contribution is 7.14. The van der Waals surface area contributed by atoms with E-state index in [1.165, 1.54) is 11.1 Å². The molecule has 2 heterocycles. The number of aromatic nitrogens is 1. The molecule has 0 saturated heterocycles. The first-order valence-corrected chi connectivity index (χ1v) is 11.7. The molecule has 0 spiro atoms. The van der Waals surface area contributed by atoms with Crippen molar-refractivity contribution in [1.82, 2.24) is 10.3 Å². The van der Waals surface area contributed by atoms with Crippen LogP contribution in [0.1, 0.15) is 23.6 Å². The number of nitrogens with zero attached hydrogens (tertiary/aromatic N) is 1. The standard InChI is InChI=1S/C23H24ClF3N4S/c1-14(23(25,26)27)30-22-31-20(13-32-22)17-4-2-15(3-5-17)12-29-21-18-9-11-28-10-8-16(18)6-7-19(21)24/h2-7,13-14,28-29H,8-12H2,1H3,(H,30,31)/t14-/m0/s1. The summed E-state index contributed by atoms with van der Waals surface area (Å²) >= 11 is 7.65. The molecule has 1 atom stereocenters. The van der Waals surface area contributed by atoms with Crippen molar-refractivity contribution >= 4 is 33.8 Å². The molecule has 4 rings (SSSR count). The molecule has 0 aliphatic carbocycles. The summed E-state index contributed by atoms with van der Waals surface area (Å²) in [6, 6.07) is 10.3. The Morgan fingerprint density at radius 1 is 1.12 bits per heavy atom. The summed E-state index contributed by atoms with van der Waals surface area (Å²) in [5.74, 6) is 0. The van der Waals surface area contributed by atoms with Crippen LogP contribution in [0.4, 0.5) is 24.0 Å². The molecule has 2 aromatic carbocycles. The Bertz CT molecular complexity index is 1070. The van der Waals surface area contributed by atoms with Gasteiger partial charge in [0.15, 0.2) is 5.13 Å². The molecule has 9 heteroatoms. The minimum absolute atomic E-state index is 0.254. The Morgan fingerprint density at radius 2 is 1.88 bits per heavy atom. The Morgan fingerprint density at radius 3 is 2.62 bits per heavy atom. The van der Waals surface area contributed by atoms with Crippen LogP contribution < -0.4 is 16.0 Å². The summed E-state index contributed by atoms with van der Waals surface area (Å²) < 4.78 is 38.2. The highest BCUT2D eigenvalue weighted by atomic mass is 35.5. The Hall–Kier alpha value is -2.29. The number of thiazole rings is 1. The van der Waals surface area contributed by atoms with Crippen LogP contribution in [0.5, 0.6) is 0 Å². The molecule has 0 amide bonds. The van der Waals surface area contributed by atoms with Crippen molar-refractivity contribution in [2.45, 2.75) is 38.5 Å². The number of rotatable bonds is 6. The van der Waals surface area contributed by atoms with Gasteiger partial charge >= 0.3 is 6.18 Å². The van der Waals surface area contributed by atoms with Crippen LogP contribution in [0.2, 0.25) is 5.02 Å². The molecule has 0 saturated carbocycles. The van der Waals surface area contributed by atoms with Gasteiger partial charge in [-0.25, -0.2) is 4.98 Å². The zero-order valence-electron chi connectivity index (χ0n) is 17.5. The first-order chi connectivity index (χ1) is 15.3. The SMILES string of the molecule is C[C@H](Nc1nc(-c2ccc(CNc3c(Cl)ccc4c3CCNCC4)cc2)cs1)C(F)(F)F. The van der Waals surface area contributed by atoms with Gasteiger partial charge in [-0.05, 0) is 55.6 Å². The normalized spacial score (nSPS) is 15.0. The average molecular weight is 481 g/mol. The fourth-order valence-corrected chi connectivity index (χ4v) is 4.71. The smallest absolute Gasteiger partial charge is 0.380 e. The van der Waals surface area contributed by atoms with E-state index in [1.807, 2.05) is 30.3 Å². The molecule has 1 aliphatic rings. The number of fused-ring (bicyclic) bond motifs is 1. The quantitative estimate of drug-likeness (QED) is 0.397. The second-order valence-corrected chi connectivity index (χ2v) is 9.07. The lowest BCUT2D eigenvalue weighted by Gasteiger charge is -2.16. The maximum Gasteiger partial charge on any atom is 0.408 e. The van der Waals surface area contributed by atoms with E-state index in [-0.39, 0.29) is 5.13 Å². The lowest BCUT2D eigenvalue weighted by Crippen LogP contribution is -2.32. The molecule has 3 aromatic rings. The zero-order valence-corrected chi connectivity index (χ0v) is 19.1. The van der Waals surface area contributed by atoms with Crippen molar-refractivity contribution < 1.29 is 13.2 Å². The Labute approximate surface area is 194 Å². The van der Waals surface area contributed by atoms with Gasteiger partial charge in [0.05, 0.1) is 16.4 Å². The van der Waals surface area contributed by atoms with Crippen molar-refractivity contribution in [2.24, 2.45) is 0 Å². The van der Waals surface area contributed by atoms with Gasteiger partial charge in [0.25, 0.3) is 0 Å². The molecule has 0 unspecified atom stereocenters. The summed E-state index contributed by atoms with van der Waals surface area (Å²) in [6.07, 6.45) is -2.39. The molecule has 1 aliphatic heterocycles. The van der Waals surface area contributed by atoms with Gasteiger partial charge < -0.3 is 16.0 Å². The van der Waals surface area contributed by atoms with Crippen molar-refractivity contribution in [3.63, 3.8) is 0 Å². The molecule has 0 radical (unpaired) electrons. The number of hydrogen-bond donors (Lipinski definition) is 3. The van der Waals surface area contributed by atoms with Gasteiger partial charge in [0.2, 0.25) is 0 Å². The van der Waals surface area contributed by atoms with Gasteiger partial charge in [-0.15, -0.1) is 11.3 Å². The highest BCUT2D eigenvalue weighted by Gasteiger charge is 2.36. The van der Waals surface area contributed by atoms with E-state index in [2.05, 4.69) is 27.0 Å². The summed E-state index contributed by atoms with van der Waals surface area (Å²) in [5.41, 5.74) is 6.17. The molecule has 170 valence electrons. The van der Waals surface area contributed by atoms with Gasteiger partial charge in [0.1, 0.15) is 6.04 Å². The summed E-state index contributed by atoms with van der Waals surface area (Å²) in [4.78, 5) is 4.29. The van der Waals surface area contributed by atoms with Crippen molar-refractivity contribution in [1.29, 1.82) is 0 Å². The van der Waals surface area contributed by atoms with Crippen LogP contribution in [0, 0.1) is 0 Å². The Balaban J connectivity index is 1.42. The maximum atomic E-state index is 12.7. The van der Waals surface area contributed by atoms with Crippen LogP contribution in [0.25, 0.3) is 11.3 Å². The number of hydrogen-bond acceptors (Lipinski definition) is 5. The van der Waals surface area contributed by atoms with Gasteiger partial charge in [-0.1, -0.05) is 41.9 Å². The van der Waals surface area contributed by atoms with E-state index in [4.69, 9.17) is 11.6 Å². The molecule has 1 aromatic heterocycles. The number of benzene rings is 2. The first kappa shape index (κ1) is 22.9. The fraction of sp³-hybridized carbons (Fsp3) is 0.348. The van der Waals surface area contributed by atoms with Crippen LogP contribution in [0.15, 0.2) is 41.8 Å². The van der Waals surface area contributed by atoms with Crippen molar-refractivity contribution in [2.75, 3.05) is 23.7 Å². The number of nitrogens with one attached hydrogen (secondary N) is 3. The molecule has 32 heavy (non-hydrogen) atoms. The molecule has 4 nitrogen and oxygen atoms in total. The third kappa shape index (κ3) is 5.36. The van der Waals surface area contributed by atoms with E-state index in [9.17, 15) is 13.2 Å². The fourth-order valence-electron chi connectivity index (χ4n) is 3.66. The summed E-state index contributed by atoms with van der Waals surface area (Å²) in [5, 5.41) is 12.1. The Kier molecular flexibility index (Phi) is 6.93. The van der Waals surface area contributed by atoms with E-state index in [0.29, 0.717) is 12.2 Å². The molecular weight excluding hydrogens is 457 g/mol. The minimum Gasteiger partial charge on any atom is -0.380 e. The average Bonchev–Trinajstić information content (AvgIpc) is 3.09. The zero-order chi connectivity index (χ0) is 22.7. The van der Waals surface area contributed by atoms with Gasteiger partial charge in [-0.2, -0.15) is 13.2 Å². The predicted molar refractivity (Wildman–Crippen MR) is 126 cm³/mol. The first-order valence-electron chi connectivity index (χ1n) is 10.4. The van der Waals surface area contributed by atoms with Crippen LogP contribution in [0.3, 0.4) is 0 Å². The highest BCUT2D eigenvalue weighted by Crippen LogP contribution is 2.32. The van der Waals surface area contributed by atoms with Gasteiger partial charge in [-0.3, -0.25) is 0 Å². The van der Waals surface area contributed by atoms with Gasteiger partial charge in [0, 0.05) is 17.5 Å². The molecule has 0 fully saturated rings. The lowest BCUT2D eigenvalue weighted by molar-refractivity contribution is -0.138. The third-order valence-electron chi connectivity index (χ3n) is 5.54. The van der Waals surface area contributed by atoms with Crippen LogP contribution in [-0.4, -0.2) is 30.3 Å². The topological polar surface area (TPSA) is 49.0 Å². The maximum absolute atomic E-state index is 12.7.